The largest absolute Gasteiger partial charge is 0.459 e. The number of hydrogen-bond donors (Lipinski definition) is 0. The molecule has 3 rings (SSSR count). The van der Waals surface area contributed by atoms with Crippen molar-refractivity contribution in [1.82, 2.24) is 4.90 Å². The van der Waals surface area contributed by atoms with Crippen molar-refractivity contribution in [2.24, 2.45) is 0 Å². The summed E-state index contributed by atoms with van der Waals surface area (Å²) in [6.07, 6.45) is 2.36. The molecule has 0 aromatic heterocycles. The fourth-order valence-electron chi connectivity index (χ4n) is 1.67. The van der Waals surface area contributed by atoms with Crippen molar-refractivity contribution in [3.63, 3.8) is 0 Å². The van der Waals surface area contributed by atoms with Crippen molar-refractivity contribution in [3.05, 3.63) is 0 Å². The van der Waals surface area contributed by atoms with Crippen LogP contribution >= 0.6 is 0 Å². The summed E-state index contributed by atoms with van der Waals surface area (Å²) in [7, 11) is 0. The molecule has 0 aromatic carbocycles. The van der Waals surface area contributed by atoms with Gasteiger partial charge in [-0.1, -0.05) is 0 Å². The normalized spacial score (nSPS) is 35.3. The molecule has 1 amide bonds. The second kappa shape index (κ2) is 2.22. The standard InChI is InChI=1S/C7H9NO3/c9-4-8-3-5-1-2-6(8)7(10)11-5/h4-6H,1-3H2/t5-,6?/m0/s1. The first-order chi connectivity index (χ1) is 5.31. The molecule has 0 radical (unpaired) electrons. The van der Waals surface area contributed by atoms with Crippen LogP contribution in [0.3, 0.4) is 0 Å². The molecule has 0 N–H and O–H groups in total. The fraction of sp³-hybridized carbons (Fsp3) is 0.714. The summed E-state index contributed by atoms with van der Waals surface area (Å²) in [6, 6.07) is -0.294. The Morgan fingerprint density at radius 2 is 2.36 bits per heavy atom. The van der Waals surface area contributed by atoms with E-state index in [1.807, 2.05) is 0 Å². The minimum atomic E-state index is -0.294. The lowest BCUT2D eigenvalue weighted by Crippen LogP contribution is -2.56. The van der Waals surface area contributed by atoms with E-state index in [2.05, 4.69) is 0 Å². The minimum absolute atomic E-state index is 0.0438. The Labute approximate surface area is 64.1 Å². The Hall–Kier alpha value is -1.06. The Morgan fingerprint density at radius 3 is 2.82 bits per heavy atom. The van der Waals surface area contributed by atoms with E-state index >= 15 is 0 Å². The van der Waals surface area contributed by atoms with Gasteiger partial charge in [0.25, 0.3) is 0 Å². The van der Waals surface area contributed by atoms with E-state index in [-0.39, 0.29) is 18.1 Å². The summed E-state index contributed by atoms with van der Waals surface area (Å²) in [5, 5.41) is 0. The smallest absolute Gasteiger partial charge is 0.329 e. The van der Waals surface area contributed by atoms with Gasteiger partial charge in [0.05, 0.1) is 6.54 Å². The third-order valence-corrected chi connectivity index (χ3v) is 2.27. The fourth-order valence-corrected chi connectivity index (χ4v) is 1.67. The molecule has 4 nitrogen and oxygen atoms in total. The summed E-state index contributed by atoms with van der Waals surface area (Å²) < 4.78 is 4.98. The Balaban J connectivity index is 2.19. The number of ether oxygens (including phenoxy) is 1. The van der Waals surface area contributed by atoms with Crippen LogP contribution in [0.2, 0.25) is 0 Å². The highest BCUT2D eigenvalue weighted by molar-refractivity contribution is 5.80. The van der Waals surface area contributed by atoms with E-state index in [0.29, 0.717) is 6.54 Å². The number of esters is 1. The second-order valence-electron chi connectivity index (χ2n) is 2.95. The van der Waals surface area contributed by atoms with E-state index in [0.717, 1.165) is 19.3 Å². The number of amides is 1. The number of carbonyl (C=O) groups is 2. The molecule has 3 saturated heterocycles. The molecule has 1 unspecified atom stereocenters. The quantitative estimate of drug-likeness (QED) is 0.380. The van der Waals surface area contributed by atoms with Crippen molar-refractivity contribution in [3.8, 4) is 0 Å². The number of hydrogen-bond acceptors (Lipinski definition) is 3. The van der Waals surface area contributed by atoms with Gasteiger partial charge in [-0.2, -0.15) is 0 Å². The third kappa shape index (κ3) is 0.895. The summed E-state index contributed by atoms with van der Waals surface area (Å²) >= 11 is 0. The number of piperidine rings is 1. The maximum Gasteiger partial charge on any atom is 0.329 e. The van der Waals surface area contributed by atoms with Gasteiger partial charge in [0.15, 0.2) is 0 Å². The van der Waals surface area contributed by atoms with E-state index in [1.165, 1.54) is 4.90 Å². The molecule has 0 spiro atoms. The topological polar surface area (TPSA) is 46.6 Å². The number of nitrogens with zero attached hydrogens (tertiary/aromatic N) is 1. The first-order valence-corrected chi connectivity index (χ1v) is 3.73. The highest BCUT2D eigenvalue weighted by atomic mass is 16.6. The lowest BCUT2D eigenvalue weighted by atomic mass is 9.97. The van der Waals surface area contributed by atoms with Crippen molar-refractivity contribution >= 4 is 12.4 Å². The molecule has 3 heterocycles. The zero-order valence-electron chi connectivity index (χ0n) is 6.03. The van der Waals surface area contributed by atoms with Crippen LogP contribution in [-0.2, 0) is 14.3 Å². The molecule has 0 aromatic rings. The van der Waals surface area contributed by atoms with Crippen LogP contribution in [0, 0.1) is 0 Å². The molecule has 2 atom stereocenters. The number of fused-ring (bicyclic) bond motifs is 3. The molecule has 2 bridgehead atoms. The second-order valence-corrected chi connectivity index (χ2v) is 2.95. The summed E-state index contributed by atoms with van der Waals surface area (Å²) in [6.45, 7) is 0.583. The molecular weight excluding hydrogens is 146 g/mol. The number of carbonyl (C=O) groups excluding carboxylic acids is 2. The van der Waals surface area contributed by atoms with Crippen LogP contribution in [0.4, 0.5) is 0 Å². The van der Waals surface area contributed by atoms with Crippen LogP contribution in [0.15, 0.2) is 0 Å². The minimum Gasteiger partial charge on any atom is -0.459 e. The zero-order chi connectivity index (χ0) is 7.84. The van der Waals surface area contributed by atoms with Crippen molar-refractivity contribution in [1.29, 1.82) is 0 Å². The Kier molecular flexibility index (Phi) is 1.34. The molecule has 0 saturated carbocycles. The molecule has 3 fully saturated rings. The van der Waals surface area contributed by atoms with Gasteiger partial charge in [-0.15, -0.1) is 0 Å². The number of morpholine rings is 1. The van der Waals surface area contributed by atoms with E-state index in [4.69, 9.17) is 4.74 Å². The van der Waals surface area contributed by atoms with Gasteiger partial charge in [0.1, 0.15) is 12.1 Å². The van der Waals surface area contributed by atoms with Gasteiger partial charge in [-0.05, 0) is 12.8 Å². The average Bonchev–Trinajstić information content (AvgIpc) is 2.04. The van der Waals surface area contributed by atoms with Crippen molar-refractivity contribution < 1.29 is 14.3 Å². The lowest BCUT2D eigenvalue weighted by Gasteiger charge is -2.41. The molecule has 3 aliphatic heterocycles. The molecule has 11 heavy (non-hydrogen) atoms. The molecule has 0 aliphatic carbocycles. The highest BCUT2D eigenvalue weighted by Gasteiger charge is 2.40. The third-order valence-electron chi connectivity index (χ3n) is 2.27. The molecule has 3 aliphatic rings. The Bertz CT molecular complexity index is 204. The zero-order valence-corrected chi connectivity index (χ0v) is 6.03. The maximum atomic E-state index is 11.0. The van der Waals surface area contributed by atoms with E-state index < -0.39 is 0 Å². The van der Waals surface area contributed by atoms with E-state index in [9.17, 15) is 9.59 Å². The molecule has 4 heteroatoms. The van der Waals surface area contributed by atoms with Crippen LogP contribution in [-0.4, -0.2) is 36.0 Å². The highest BCUT2D eigenvalue weighted by Crippen LogP contribution is 2.25. The van der Waals surface area contributed by atoms with Crippen molar-refractivity contribution in [2.75, 3.05) is 6.54 Å². The summed E-state index contributed by atoms with van der Waals surface area (Å²) in [5.41, 5.74) is 0. The summed E-state index contributed by atoms with van der Waals surface area (Å²) in [4.78, 5) is 22.9. The predicted molar refractivity (Wildman–Crippen MR) is 35.7 cm³/mol. The van der Waals surface area contributed by atoms with Crippen LogP contribution in [0.5, 0.6) is 0 Å². The first-order valence-electron chi connectivity index (χ1n) is 3.73. The summed E-state index contributed by atoms with van der Waals surface area (Å²) in [5.74, 6) is -0.236. The van der Waals surface area contributed by atoms with Crippen LogP contribution < -0.4 is 0 Å². The van der Waals surface area contributed by atoms with Gasteiger partial charge in [-0.3, -0.25) is 4.79 Å². The first kappa shape index (κ1) is 6.64. The SMILES string of the molecule is O=CN1C[C@@H]2CCC1C(=O)O2. The Morgan fingerprint density at radius 1 is 1.55 bits per heavy atom. The number of rotatable bonds is 1. The average molecular weight is 155 g/mol. The van der Waals surface area contributed by atoms with E-state index in [1.54, 1.807) is 0 Å². The van der Waals surface area contributed by atoms with Crippen LogP contribution in [0.25, 0.3) is 0 Å². The molecular formula is C7H9NO3. The van der Waals surface area contributed by atoms with Gasteiger partial charge >= 0.3 is 5.97 Å². The maximum absolute atomic E-state index is 11.0. The van der Waals surface area contributed by atoms with Gasteiger partial charge in [0, 0.05) is 0 Å². The van der Waals surface area contributed by atoms with Crippen molar-refractivity contribution in [2.45, 2.75) is 25.0 Å². The van der Waals surface area contributed by atoms with Crippen LogP contribution in [0.1, 0.15) is 12.8 Å². The lowest BCUT2D eigenvalue weighted by molar-refractivity contribution is -0.177. The van der Waals surface area contributed by atoms with Gasteiger partial charge < -0.3 is 9.64 Å². The predicted octanol–water partition coefficient (Wildman–Crippen LogP) is -0.467. The molecule has 60 valence electrons. The van der Waals surface area contributed by atoms with Gasteiger partial charge in [-0.25, -0.2) is 4.79 Å². The van der Waals surface area contributed by atoms with Gasteiger partial charge in [0.2, 0.25) is 6.41 Å². The monoisotopic (exact) mass is 155 g/mol.